The van der Waals surface area contributed by atoms with Gasteiger partial charge in [0.05, 0.1) is 25.9 Å². The highest BCUT2D eigenvalue weighted by molar-refractivity contribution is 5.26. The highest BCUT2D eigenvalue weighted by atomic mass is 16.7. The molecule has 0 spiro atoms. The Kier molecular flexibility index (Phi) is 9.51. The molecular formula is C21H34O6. The second kappa shape index (κ2) is 11.6. The molecule has 1 aromatic rings. The zero-order valence-corrected chi connectivity index (χ0v) is 17.2. The Morgan fingerprint density at radius 3 is 2.37 bits per heavy atom. The topological polar surface area (TPSA) is 55.4 Å². The van der Waals surface area contributed by atoms with E-state index in [2.05, 4.69) is 13.8 Å². The molecule has 1 heterocycles. The Labute approximate surface area is 163 Å². The van der Waals surface area contributed by atoms with Crippen LogP contribution in [0.2, 0.25) is 0 Å². The van der Waals surface area contributed by atoms with Crippen LogP contribution in [-0.2, 0) is 30.3 Å². The molecule has 1 saturated heterocycles. The van der Waals surface area contributed by atoms with Gasteiger partial charge >= 0.3 is 0 Å². The van der Waals surface area contributed by atoms with Crippen molar-refractivity contribution in [3.05, 3.63) is 29.8 Å². The van der Waals surface area contributed by atoms with E-state index in [1.165, 1.54) is 0 Å². The molecule has 0 bridgehead atoms. The smallest absolute Gasteiger partial charge is 0.162 e. The van der Waals surface area contributed by atoms with Gasteiger partial charge in [0.25, 0.3) is 0 Å². The Balaban J connectivity index is 1.75. The minimum absolute atomic E-state index is 0.0499. The average molecular weight is 382 g/mol. The van der Waals surface area contributed by atoms with E-state index in [0.717, 1.165) is 24.2 Å². The van der Waals surface area contributed by atoms with Crippen LogP contribution in [0, 0.1) is 11.8 Å². The summed E-state index contributed by atoms with van der Waals surface area (Å²) >= 11 is 0. The van der Waals surface area contributed by atoms with Crippen LogP contribution >= 0.6 is 0 Å². The van der Waals surface area contributed by atoms with Gasteiger partial charge in [-0.3, -0.25) is 0 Å². The van der Waals surface area contributed by atoms with E-state index in [4.69, 9.17) is 28.4 Å². The van der Waals surface area contributed by atoms with Gasteiger partial charge in [-0.1, -0.05) is 26.0 Å². The van der Waals surface area contributed by atoms with Crippen molar-refractivity contribution in [2.45, 2.75) is 51.8 Å². The van der Waals surface area contributed by atoms with E-state index in [9.17, 15) is 0 Å². The van der Waals surface area contributed by atoms with E-state index >= 15 is 0 Å². The van der Waals surface area contributed by atoms with Gasteiger partial charge in [-0.05, 0) is 30.5 Å². The van der Waals surface area contributed by atoms with Crippen LogP contribution in [0.25, 0.3) is 0 Å². The fourth-order valence-electron chi connectivity index (χ4n) is 3.62. The first-order valence-corrected chi connectivity index (χ1v) is 9.60. The van der Waals surface area contributed by atoms with Gasteiger partial charge in [0.15, 0.2) is 6.29 Å². The van der Waals surface area contributed by atoms with Crippen LogP contribution in [0.4, 0.5) is 0 Å². The first-order chi connectivity index (χ1) is 13.1. The van der Waals surface area contributed by atoms with Crippen LogP contribution < -0.4 is 4.74 Å². The Bertz CT molecular complexity index is 520. The third-order valence-electron chi connectivity index (χ3n) is 5.18. The van der Waals surface area contributed by atoms with Gasteiger partial charge in [0.2, 0.25) is 0 Å². The molecule has 0 aromatic heterocycles. The summed E-state index contributed by atoms with van der Waals surface area (Å²) in [6.07, 6.45) is 1.70. The summed E-state index contributed by atoms with van der Waals surface area (Å²) in [5, 5.41) is 0. The molecule has 6 nitrogen and oxygen atoms in total. The van der Waals surface area contributed by atoms with E-state index in [1.807, 2.05) is 24.3 Å². The van der Waals surface area contributed by atoms with Crippen molar-refractivity contribution in [1.82, 2.24) is 0 Å². The number of benzene rings is 1. The number of hydrogen-bond acceptors (Lipinski definition) is 6. The minimum Gasteiger partial charge on any atom is -0.497 e. The first kappa shape index (κ1) is 22.1. The summed E-state index contributed by atoms with van der Waals surface area (Å²) in [5.74, 6) is 1.28. The summed E-state index contributed by atoms with van der Waals surface area (Å²) in [5.41, 5.74) is 1.14. The lowest BCUT2D eigenvalue weighted by molar-refractivity contribution is -0.271. The van der Waals surface area contributed by atoms with Crippen molar-refractivity contribution in [2.75, 3.05) is 34.7 Å². The summed E-state index contributed by atoms with van der Waals surface area (Å²) in [6, 6.07) is 7.94. The maximum atomic E-state index is 6.15. The van der Waals surface area contributed by atoms with Gasteiger partial charge in [0.1, 0.15) is 12.5 Å². The van der Waals surface area contributed by atoms with E-state index in [1.54, 1.807) is 21.3 Å². The van der Waals surface area contributed by atoms with Crippen LogP contribution in [0.5, 0.6) is 5.75 Å². The summed E-state index contributed by atoms with van der Waals surface area (Å²) in [6.45, 7) is 5.84. The molecule has 3 unspecified atom stereocenters. The first-order valence-electron chi connectivity index (χ1n) is 9.60. The van der Waals surface area contributed by atoms with E-state index in [-0.39, 0.29) is 37.1 Å². The molecule has 5 atom stereocenters. The highest BCUT2D eigenvalue weighted by Gasteiger charge is 2.42. The normalized spacial score (nSPS) is 28.3. The zero-order chi connectivity index (χ0) is 19.6. The summed E-state index contributed by atoms with van der Waals surface area (Å²) in [7, 11) is 4.99. The molecule has 0 saturated carbocycles. The largest absolute Gasteiger partial charge is 0.497 e. The van der Waals surface area contributed by atoms with Crippen LogP contribution in [0.3, 0.4) is 0 Å². The lowest BCUT2D eigenvalue weighted by Gasteiger charge is -2.44. The number of ether oxygens (including phenoxy) is 6. The van der Waals surface area contributed by atoms with Crippen molar-refractivity contribution < 1.29 is 28.4 Å². The second-order valence-corrected chi connectivity index (χ2v) is 7.08. The predicted octanol–water partition coefficient (Wildman–Crippen LogP) is 3.62. The third kappa shape index (κ3) is 6.43. The molecule has 0 amide bonds. The summed E-state index contributed by atoms with van der Waals surface area (Å²) < 4.78 is 33.6. The second-order valence-electron chi connectivity index (χ2n) is 7.08. The monoisotopic (exact) mass is 382 g/mol. The number of hydrogen-bond donors (Lipinski definition) is 0. The Hall–Kier alpha value is -1.18. The van der Waals surface area contributed by atoms with Gasteiger partial charge < -0.3 is 28.4 Å². The molecule has 6 heteroatoms. The zero-order valence-electron chi connectivity index (χ0n) is 17.2. The molecule has 1 aliphatic heterocycles. The summed E-state index contributed by atoms with van der Waals surface area (Å²) in [4.78, 5) is 0. The van der Waals surface area contributed by atoms with E-state index < -0.39 is 0 Å². The molecule has 154 valence electrons. The predicted molar refractivity (Wildman–Crippen MR) is 103 cm³/mol. The van der Waals surface area contributed by atoms with Gasteiger partial charge in [-0.25, -0.2) is 0 Å². The average Bonchev–Trinajstić information content (AvgIpc) is 2.69. The SMILES string of the molecule is COCOC1C(C)[C@H](CCCOCc2ccc(OC)cc2)OC(OC)[C@@H]1C. The maximum absolute atomic E-state index is 6.15. The van der Waals surface area contributed by atoms with Crippen molar-refractivity contribution in [3.63, 3.8) is 0 Å². The Morgan fingerprint density at radius 2 is 1.74 bits per heavy atom. The number of rotatable bonds is 11. The molecule has 1 fully saturated rings. The minimum atomic E-state index is -0.256. The molecule has 2 rings (SSSR count). The van der Waals surface area contributed by atoms with Crippen molar-refractivity contribution in [2.24, 2.45) is 11.8 Å². The van der Waals surface area contributed by atoms with Crippen LogP contribution in [0.1, 0.15) is 32.3 Å². The van der Waals surface area contributed by atoms with Gasteiger partial charge in [-0.2, -0.15) is 0 Å². The standard InChI is InChI=1S/C21H34O6/c1-15-19(27-21(24-5)16(2)20(15)26-14-22-3)7-6-12-25-13-17-8-10-18(23-4)11-9-17/h8-11,15-16,19-21H,6-7,12-14H2,1-5H3/t15?,16-,19+,20?,21?/m1/s1. The maximum Gasteiger partial charge on any atom is 0.162 e. The van der Waals surface area contributed by atoms with Crippen molar-refractivity contribution >= 4 is 0 Å². The lowest BCUT2D eigenvalue weighted by atomic mass is 9.84. The highest BCUT2D eigenvalue weighted by Crippen LogP contribution is 2.34. The molecule has 0 aliphatic carbocycles. The fourth-order valence-corrected chi connectivity index (χ4v) is 3.62. The lowest BCUT2D eigenvalue weighted by Crippen LogP contribution is -2.50. The van der Waals surface area contributed by atoms with Crippen LogP contribution in [0.15, 0.2) is 24.3 Å². The van der Waals surface area contributed by atoms with Crippen LogP contribution in [-0.4, -0.2) is 53.2 Å². The molecule has 27 heavy (non-hydrogen) atoms. The molecule has 1 aromatic carbocycles. The van der Waals surface area contributed by atoms with Crippen molar-refractivity contribution in [3.8, 4) is 5.75 Å². The van der Waals surface area contributed by atoms with Gasteiger partial charge in [0, 0.05) is 32.7 Å². The third-order valence-corrected chi connectivity index (χ3v) is 5.18. The molecule has 0 N–H and O–H groups in total. The molecule has 0 radical (unpaired) electrons. The van der Waals surface area contributed by atoms with Crippen molar-refractivity contribution in [1.29, 1.82) is 0 Å². The number of methoxy groups -OCH3 is 3. The molecular weight excluding hydrogens is 348 g/mol. The Morgan fingerprint density at radius 1 is 1.00 bits per heavy atom. The quantitative estimate of drug-likeness (QED) is 0.430. The fraction of sp³-hybridized carbons (Fsp3) is 0.714. The molecule has 1 aliphatic rings. The van der Waals surface area contributed by atoms with E-state index in [0.29, 0.717) is 13.2 Å². The van der Waals surface area contributed by atoms with Gasteiger partial charge in [-0.15, -0.1) is 0 Å².